The van der Waals surface area contributed by atoms with Crippen molar-refractivity contribution < 1.29 is 4.79 Å². The van der Waals surface area contributed by atoms with Crippen LogP contribution in [-0.2, 0) is 4.79 Å². The lowest BCUT2D eigenvalue weighted by Crippen LogP contribution is -2.23. The maximum Gasteiger partial charge on any atom is 0.237 e. The number of unbranched alkanes of at least 4 members (excludes halogenated alkanes) is 8. The predicted octanol–water partition coefficient (Wildman–Crippen LogP) is 5.59. The van der Waals surface area contributed by atoms with E-state index in [0.717, 1.165) is 25.7 Å². The van der Waals surface area contributed by atoms with E-state index in [-0.39, 0.29) is 11.8 Å². The topological polar surface area (TPSA) is 29.1 Å². The maximum absolute atomic E-state index is 11.7. The van der Waals surface area contributed by atoms with Crippen LogP contribution >= 0.6 is 11.8 Å². The van der Waals surface area contributed by atoms with Gasteiger partial charge < -0.3 is 0 Å². The number of carbonyl (C=O) groups is 1. The molecule has 0 rings (SSSR count). The van der Waals surface area contributed by atoms with Crippen LogP contribution in [0.4, 0.5) is 0 Å². The highest BCUT2D eigenvalue weighted by Gasteiger charge is 2.16. The van der Waals surface area contributed by atoms with Crippen molar-refractivity contribution >= 4 is 17.7 Å². The second-order valence-electron chi connectivity index (χ2n) is 5.56. The molecule has 0 aromatic heterocycles. The van der Waals surface area contributed by atoms with Crippen LogP contribution in [0.25, 0.3) is 0 Å². The van der Waals surface area contributed by atoms with E-state index < -0.39 is 0 Å². The quantitative estimate of drug-likeness (QED) is 0.347. The summed E-state index contributed by atoms with van der Waals surface area (Å²) in [6.45, 7) is 4.44. The molecule has 0 aliphatic heterocycles. The molecular weight excluding hydrogens is 258 g/mol. The third kappa shape index (κ3) is 11.3. The van der Waals surface area contributed by atoms with Gasteiger partial charge in [0.1, 0.15) is 0 Å². The molecule has 0 unspecified atom stereocenters. The number of nitrogens with one attached hydrogen (secondary N) is 1. The number of rotatable bonds is 13. The van der Waals surface area contributed by atoms with Crippen LogP contribution in [0.5, 0.6) is 0 Å². The molecule has 0 aliphatic rings. The number of amides is 1. The Morgan fingerprint density at radius 2 is 1.26 bits per heavy atom. The van der Waals surface area contributed by atoms with Crippen molar-refractivity contribution in [3.05, 3.63) is 0 Å². The summed E-state index contributed by atoms with van der Waals surface area (Å²) in [5.41, 5.74) is 0. The van der Waals surface area contributed by atoms with Gasteiger partial charge in [0, 0.05) is 17.7 Å². The van der Waals surface area contributed by atoms with Gasteiger partial charge in [-0.1, -0.05) is 78.1 Å². The molecule has 1 N–H and O–H groups in total. The van der Waals surface area contributed by atoms with Crippen LogP contribution in [-0.4, -0.2) is 5.91 Å². The number of carbonyl (C=O) groups excluding carboxylic acids is 1. The van der Waals surface area contributed by atoms with E-state index in [2.05, 4.69) is 18.7 Å². The van der Waals surface area contributed by atoms with Gasteiger partial charge in [-0.2, -0.15) is 0 Å². The minimum absolute atomic E-state index is 0.0210. The highest BCUT2D eigenvalue weighted by Crippen LogP contribution is 2.19. The molecule has 0 saturated carbocycles. The van der Waals surface area contributed by atoms with Crippen LogP contribution < -0.4 is 4.84 Å². The Hall–Kier alpha value is -0.240. The Kier molecular flexibility index (Phi) is 14.0. The van der Waals surface area contributed by atoms with Gasteiger partial charge in [0.15, 0.2) is 0 Å². The standard InChI is InChI=1S/C16H32ClNO/c1-3-5-7-9-11-13-15(16(19)18-17)14-12-10-8-6-4-2/h15H,3-14H2,1-2H3,(H,18,19). The van der Waals surface area contributed by atoms with Crippen LogP contribution in [0.2, 0.25) is 0 Å². The van der Waals surface area contributed by atoms with Crippen molar-refractivity contribution in [3.63, 3.8) is 0 Å². The fourth-order valence-corrected chi connectivity index (χ4v) is 2.63. The van der Waals surface area contributed by atoms with Crippen molar-refractivity contribution in [2.45, 2.75) is 90.9 Å². The average Bonchev–Trinajstić information content (AvgIpc) is 2.43. The summed E-state index contributed by atoms with van der Waals surface area (Å²) in [4.78, 5) is 14.0. The second kappa shape index (κ2) is 14.2. The molecule has 1 amide bonds. The smallest absolute Gasteiger partial charge is 0.237 e. The molecule has 0 atom stereocenters. The largest absolute Gasteiger partial charge is 0.273 e. The van der Waals surface area contributed by atoms with Crippen LogP contribution in [0.15, 0.2) is 0 Å². The Labute approximate surface area is 124 Å². The highest BCUT2D eigenvalue weighted by atomic mass is 35.5. The SMILES string of the molecule is CCCCCCCC(CCCCCCC)C(=O)NCl. The van der Waals surface area contributed by atoms with E-state index in [0.29, 0.717) is 0 Å². The molecule has 3 heteroatoms. The third-order valence-electron chi connectivity index (χ3n) is 3.78. The van der Waals surface area contributed by atoms with E-state index in [4.69, 9.17) is 11.8 Å². The zero-order chi connectivity index (χ0) is 14.3. The summed E-state index contributed by atoms with van der Waals surface area (Å²) < 4.78 is 0. The average molecular weight is 290 g/mol. The highest BCUT2D eigenvalue weighted by molar-refractivity contribution is 6.21. The molecule has 0 radical (unpaired) electrons. The van der Waals surface area contributed by atoms with E-state index in [1.165, 1.54) is 51.4 Å². The Morgan fingerprint density at radius 3 is 1.63 bits per heavy atom. The molecule has 0 fully saturated rings. The van der Waals surface area contributed by atoms with Crippen molar-refractivity contribution in [2.75, 3.05) is 0 Å². The van der Waals surface area contributed by atoms with Crippen molar-refractivity contribution in [2.24, 2.45) is 5.92 Å². The lowest BCUT2D eigenvalue weighted by molar-refractivity contribution is -0.123. The summed E-state index contributed by atoms with van der Waals surface area (Å²) in [6.07, 6.45) is 14.5. The summed E-state index contributed by atoms with van der Waals surface area (Å²) in [6, 6.07) is 0. The molecule has 0 aromatic carbocycles. The van der Waals surface area contributed by atoms with Gasteiger partial charge in [0.05, 0.1) is 0 Å². The number of hydrogen-bond acceptors (Lipinski definition) is 1. The lowest BCUT2D eigenvalue weighted by atomic mass is 9.94. The van der Waals surface area contributed by atoms with Crippen LogP contribution in [0.3, 0.4) is 0 Å². The molecule has 2 nitrogen and oxygen atoms in total. The van der Waals surface area contributed by atoms with Gasteiger partial charge >= 0.3 is 0 Å². The zero-order valence-corrected chi connectivity index (χ0v) is 13.6. The Bertz CT molecular complexity index is 195. The first-order chi connectivity index (χ1) is 9.26. The first-order valence-electron chi connectivity index (χ1n) is 8.16. The first-order valence-corrected chi connectivity index (χ1v) is 8.54. The lowest BCUT2D eigenvalue weighted by Gasteiger charge is -2.14. The molecule has 0 aliphatic carbocycles. The predicted molar refractivity (Wildman–Crippen MR) is 84.2 cm³/mol. The van der Waals surface area contributed by atoms with Gasteiger partial charge in [0.2, 0.25) is 5.91 Å². The fraction of sp³-hybridized carbons (Fsp3) is 0.938. The van der Waals surface area contributed by atoms with E-state index >= 15 is 0 Å². The minimum Gasteiger partial charge on any atom is -0.273 e. The summed E-state index contributed by atoms with van der Waals surface area (Å²) >= 11 is 5.47. The van der Waals surface area contributed by atoms with E-state index in [1.807, 2.05) is 0 Å². The third-order valence-corrected chi connectivity index (χ3v) is 3.96. The summed E-state index contributed by atoms with van der Waals surface area (Å²) in [7, 11) is 0. The first kappa shape index (κ1) is 18.8. The Morgan fingerprint density at radius 1 is 0.842 bits per heavy atom. The van der Waals surface area contributed by atoms with E-state index in [1.54, 1.807) is 0 Å². The van der Waals surface area contributed by atoms with Gasteiger partial charge in [-0.3, -0.25) is 9.63 Å². The monoisotopic (exact) mass is 289 g/mol. The zero-order valence-electron chi connectivity index (χ0n) is 12.8. The van der Waals surface area contributed by atoms with Gasteiger partial charge in [-0.15, -0.1) is 0 Å². The maximum atomic E-state index is 11.7. The molecule has 0 aromatic rings. The van der Waals surface area contributed by atoms with E-state index in [9.17, 15) is 4.79 Å². The molecule has 0 bridgehead atoms. The van der Waals surface area contributed by atoms with Crippen molar-refractivity contribution in [1.82, 2.24) is 4.84 Å². The molecule has 19 heavy (non-hydrogen) atoms. The van der Waals surface area contributed by atoms with Gasteiger partial charge in [-0.25, -0.2) is 0 Å². The molecule has 0 spiro atoms. The second-order valence-corrected chi connectivity index (χ2v) is 5.75. The van der Waals surface area contributed by atoms with Gasteiger partial charge in [-0.05, 0) is 12.8 Å². The van der Waals surface area contributed by atoms with Gasteiger partial charge in [0.25, 0.3) is 0 Å². The van der Waals surface area contributed by atoms with Crippen LogP contribution in [0.1, 0.15) is 90.9 Å². The number of halogens is 1. The molecule has 0 saturated heterocycles. The normalized spacial score (nSPS) is 10.9. The minimum atomic E-state index is 0.0210. The molecular formula is C16H32ClNO. The fourth-order valence-electron chi connectivity index (χ4n) is 2.47. The Balaban J connectivity index is 3.73. The van der Waals surface area contributed by atoms with Crippen molar-refractivity contribution in [1.29, 1.82) is 0 Å². The van der Waals surface area contributed by atoms with Crippen LogP contribution in [0, 0.1) is 5.92 Å². The van der Waals surface area contributed by atoms with Crippen molar-refractivity contribution in [3.8, 4) is 0 Å². The summed E-state index contributed by atoms with van der Waals surface area (Å²) in [5.74, 6) is 0.147. The number of hydrogen-bond donors (Lipinski definition) is 1. The molecule has 114 valence electrons. The summed E-state index contributed by atoms with van der Waals surface area (Å²) in [5, 5.41) is 0. The molecule has 0 heterocycles.